The highest BCUT2D eigenvalue weighted by Crippen LogP contribution is 2.80. The van der Waals surface area contributed by atoms with E-state index in [0.717, 1.165) is 0 Å². The Morgan fingerprint density at radius 3 is 2.45 bits per heavy atom. The molecule has 1 heterocycles. The first-order valence-electron chi connectivity index (χ1n) is 17.8. The molecule has 7 rings (SSSR count). The number of benzene rings is 1. The van der Waals surface area contributed by atoms with Crippen LogP contribution in [0.25, 0.3) is 0 Å². The quantitative estimate of drug-likeness (QED) is 0.312. The molecule has 0 unspecified atom stereocenters. The Labute approximate surface area is 288 Å². The number of likely N-dealkylation sites (N-methyl/N-ethyl adjacent to an activating group) is 1. The summed E-state index contributed by atoms with van der Waals surface area (Å²) >= 11 is 0. The molecule has 6 fully saturated rings. The Kier molecular flexibility index (Phi) is 8.52. The molecule has 1 spiro atoms. The second-order valence-corrected chi connectivity index (χ2v) is 15.8. The van der Waals surface area contributed by atoms with Gasteiger partial charge in [0.1, 0.15) is 17.3 Å². The lowest BCUT2D eigenvalue weighted by atomic mass is 9.42. The van der Waals surface area contributed by atoms with Crippen molar-refractivity contribution in [3.05, 3.63) is 29.8 Å². The molecule has 12 heteroatoms. The number of hydrogen-bond acceptors (Lipinski definition) is 11. The normalized spacial score (nSPS) is 44.5. The van der Waals surface area contributed by atoms with Crippen LogP contribution in [-0.4, -0.2) is 116 Å². The molecule has 5 aliphatic carbocycles. The van der Waals surface area contributed by atoms with Gasteiger partial charge in [-0.1, -0.05) is 32.9 Å². The monoisotopic (exact) mass is 684 g/mol. The number of fused-ring (bicyclic) bond motifs is 2. The van der Waals surface area contributed by atoms with Gasteiger partial charge in [-0.2, -0.15) is 0 Å². The molecule has 5 saturated carbocycles. The lowest BCUT2D eigenvalue weighted by molar-refractivity contribution is -0.319. The second kappa shape index (κ2) is 12.0. The Hall–Kier alpha value is -2.61. The number of hydrogen-bond donors (Lipinski definition) is 3. The molecule has 13 atom stereocenters. The van der Waals surface area contributed by atoms with Crippen LogP contribution in [0.2, 0.25) is 0 Å². The van der Waals surface area contributed by atoms with Crippen molar-refractivity contribution in [3.63, 3.8) is 0 Å². The molecule has 0 radical (unpaired) electrons. The topological polar surface area (TPSA) is 153 Å². The maximum absolute atomic E-state index is 13.8. The predicted molar refractivity (Wildman–Crippen MR) is 176 cm³/mol. The highest BCUT2D eigenvalue weighted by Gasteiger charge is 2.92. The number of anilines is 1. The van der Waals surface area contributed by atoms with E-state index in [2.05, 4.69) is 17.1 Å². The highest BCUT2D eigenvalue weighted by atomic mass is 16.6. The zero-order valence-electron chi connectivity index (χ0n) is 29.6. The molecule has 1 saturated heterocycles. The van der Waals surface area contributed by atoms with Gasteiger partial charge >= 0.3 is 11.9 Å². The zero-order chi connectivity index (χ0) is 35.3. The molecule has 7 bridgehead atoms. The number of aliphatic hydroxyl groups is 2. The van der Waals surface area contributed by atoms with Gasteiger partial charge in [0.05, 0.1) is 48.1 Å². The molecule has 3 N–H and O–H groups in total. The van der Waals surface area contributed by atoms with E-state index in [-0.39, 0.29) is 60.2 Å². The van der Waals surface area contributed by atoms with Crippen LogP contribution < -0.4 is 5.32 Å². The maximum atomic E-state index is 13.8. The molecule has 49 heavy (non-hydrogen) atoms. The summed E-state index contributed by atoms with van der Waals surface area (Å²) in [6.45, 7) is 8.18. The number of carbonyl (C=O) groups is 3. The first-order valence-corrected chi connectivity index (χ1v) is 17.8. The van der Waals surface area contributed by atoms with E-state index in [1.807, 2.05) is 0 Å². The fourth-order valence-corrected chi connectivity index (χ4v) is 12.4. The minimum atomic E-state index is -1.79. The number of amides is 1. The van der Waals surface area contributed by atoms with Gasteiger partial charge in [-0.05, 0) is 43.9 Å². The summed E-state index contributed by atoms with van der Waals surface area (Å²) in [6, 6.07) is 6.24. The molecular formula is C37H52N2O10. The Morgan fingerprint density at radius 1 is 1.08 bits per heavy atom. The summed E-state index contributed by atoms with van der Waals surface area (Å²) in [4.78, 5) is 41.2. The van der Waals surface area contributed by atoms with Crippen molar-refractivity contribution in [2.45, 2.75) is 95.0 Å². The van der Waals surface area contributed by atoms with E-state index in [9.17, 15) is 24.6 Å². The second-order valence-electron chi connectivity index (χ2n) is 15.8. The number of esters is 2. The van der Waals surface area contributed by atoms with Crippen molar-refractivity contribution in [1.29, 1.82) is 0 Å². The fraction of sp³-hybridized carbons (Fsp3) is 0.757. The molecule has 0 aromatic heterocycles. The Balaban J connectivity index is 1.37. The van der Waals surface area contributed by atoms with E-state index < -0.39 is 58.3 Å². The molecular weight excluding hydrogens is 632 g/mol. The largest absolute Gasteiger partial charge is 0.461 e. The van der Waals surface area contributed by atoms with E-state index in [0.29, 0.717) is 38.0 Å². The van der Waals surface area contributed by atoms with Gasteiger partial charge < -0.3 is 39.2 Å². The number of nitrogens with zero attached hydrogens (tertiary/aromatic N) is 1. The van der Waals surface area contributed by atoms with Gasteiger partial charge in [0.2, 0.25) is 5.91 Å². The van der Waals surface area contributed by atoms with Crippen molar-refractivity contribution in [1.82, 2.24) is 4.90 Å². The van der Waals surface area contributed by atoms with Crippen LogP contribution >= 0.6 is 0 Å². The van der Waals surface area contributed by atoms with Gasteiger partial charge in [0.15, 0.2) is 0 Å². The average Bonchev–Trinajstić information content (AvgIpc) is 3.47. The SMILES string of the molecule is CCN1C[C@]2(COC(=O)c3ccccc3NC(C)=O)CC[C@H](OC)[C@@]34[C@@H]5C[C@H]6[C@H](OC(=O)C(C)C)[C@@H]5[C@](O)(C[C@@H]6OC)[C@](O)([C@@H](OC)[C@H]23)[C@@H]14. The molecule has 6 aliphatic rings. The first-order chi connectivity index (χ1) is 23.3. The maximum Gasteiger partial charge on any atom is 0.340 e. The lowest BCUT2D eigenvalue weighted by Crippen LogP contribution is -2.82. The molecule has 1 aromatic carbocycles. The lowest BCUT2D eigenvalue weighted by Gasteiger charge is -2.70. The van der Waals surface area contributed by atoms with Crippen molar-refractivity contribution in [3.8, 4) is 0 Å². The van der Waals surface area contributed by atoms with Gasteiger partial charge in [-0.15, -0.1) is 0 Å². The van der Waals surface area contributed by atoms with E-state index in [4.69, 9.17) is 23.7 Å². The summed E-state index contributed by atoms with van der Waals surface area (Å²) in [5.41, 5.74) is -4.26. The van der Waals surface area contributed by atoms with Gasteiger partial charge in [-0.3, -0.25) is 14.5 Å². The van der Waals surface area contributed by atoms with Crippen molar-refractivity contribution in [2.24, 2.45) is 40.4 Å². The van der Waals surface area contributed by atoms with E-state index in [1.54, 1.807) is 59.4 Å². The minimum Gasteiger partial charge on any atom is -0.461 e. The van der Waals surface area contributed by atoms with Crippen LogP contribution in [0.5, 0.6) is 0 Å². The number of rotatable bonds is 10. The smallest absolute Gasteiger partial charge is 0.340 e. The Morgan fingerprint density at radius 2 is 1.82 bits per heavy atom. The van der Waals surface area contributed by atoms with Crippen LogP contribution in [0.3, 0.4) is 0 Å². The van der Waals surface area contributed by atoms with Crippen LogP contribution in [0.4, 0.5) is 5.69 Å². The molecule has 1 amide bonds. The molecule has 1 aromatic rings. The zero-order valence-corrected chi connectivity index (χ0v) is 29.6. The molecule has 12 nitrogen and oxygen atoms in total. The number of methoxy groups -OCH3 is 3. The first kappa shape index (κ1) is 34.8. The minimum absolute atomic E-state index is 0.0496. The highest BCUT2D eigenvalue weighted by molar-refractivity contribution is 6.00. The van der Waals surface area contributed by atoms with E-state index in [1.165, 1.54) is 6.92 Å². The summed E-state index contributed by atoms with van der Waals surface area (Å²) in [5.74, 6) is -2.88. The summed E-state index contributed by atoms with van der Waals surface area (Å²) in [7, 11) is 4.92. The van der Waals surface area contributed by atoms with Crippen LogP contribution in [0.1, 0.15) is 63.7 Å². The van der Waals surface area contributed by atoms with Gasteiger partial charge in [0, 0.05) is 69.8 Å². The van der Waals surface area contributed by atoms with Gasteiger partial charge in [-0.25, -0.2) is 4.79 Å². The van der Waals surface area contributed by atoms with Gasteiger partial charge in [0.25, 0.3) is 0 Å². The van der Waals surface area contributed by atoms with Crippen LogP contribution in [0.15, 0.2) is 24.3 Å². The van der Waals surface area contributed by atoms with Crippen molar-refractivity contribution in [2.75, 3.05) is 46.3 Å². The van der Waals surface area contributed by atoms with Crippen molar-refractivity contribution >= 4 is 23.5 Å². The number of carbonyl (C=O) groups excluding carboxylic acids is 3. The summed E-state index contributed by atoms with van der Waals surface area (Å²) < 4.78 is 31.4. The number of ether oxygens (including phenoxy) is 5. The predicted octanol–water partition coefficient (Wildman–Crippen LogP) is 2.65. The third-order valence-corrected chi connectivity index (χ3v) is 13.7. The number of piperidine rings is 1. The third-order valence-electron chi connectivity index (χ3n) is 13.7. The fourth-order valence-electron chi connectivity index (χ4n) is 12.4. The third kappa shape index (κ3) is 4.40. The number of para-hydroxylation sites is 1. The van der Waals surface area contributed by atoms with E-state index >= 15 is 0 Å². The number of nitrogens with one attached hydrogen (secondary N) is 1. The Bertz CT molecular complexity index is 1500. The average molecular weight is 685 g/mol. The molecule has 1 aliphatic heterocycles. The summed E-state index contributed by atoms with van der Waals surface area (Å²) in [6.07, 6.45) is -0.144. The van der Waals surface area contributed by atoms with Crippen LogP contribution in [0, 0.1) is 40.4 Å². The van der Waals surface area contributed by atoms with Crippen LogP contribution in [-0.2, 0) is 33.3 Å². The number of likely N-dealkylation sites (tertiary alicyclic amines) is 1. The molecule has 270 valence electrons. The standard InChI is InChI=1S/C37H52N2O10/c1-8-39-17-34(18-48-32(42)21-11-9-10-12-24(21)38-20(4)40)14-13-26(46-6)36-23-15-22-25(45-5)16-35(43,27(23)28(22)49-31(41)19(2)3)37(44,33(36)39)30(47-7)29(34)36/h9-12,19,22-23,25-30,33,43-44H,8,13-18H2,1-7H3,(H,38,40)/t22-,23-,25+,26+,27-,28+,29-,30+,33+,34+,35-,36+,37+/m1/s1. The van der Waals surface area contributed by atoms with Crippen molar-refractivity contribution < 1.29 is 48.3 Å². The summed E-state index contributed by atoms with van der Waals surface area (Å²) in [5, 5.41) is 29.5.